The van der Waals surface area contributed by atoms with Gasteiger partial charge in [-0.15, -0.1) is 11.3 Å². The second-order valence-corrected chi connectivity index (χ2v) is 4.35. The van der Waals surface area contributed by atoms with Gasteiger partial charge in [0, 0.05) is 29.4 Å². The molecule has 2 aromatic rings. The maximum atomic E-state index is 4.35. The lowest BCUT2D eigenvalue weighted by Crippen LogP contribution is -2.08. The van der Waals surface area contributed by atoms with Crippen LogP contribution in [0.1, 0.15) is 16.3 Å². The van der Waals surface area contributed by atoms with Gasteiger partial charge in [0.2, 0.25) is 0 Å². The fraction of sp³-hybridized carbons (Fsp3) is 0.400. The van der Waals surface area contributed by atoms with Gasteiger partial charge in [0.1, 0.15) is 5.01 Å². The third-order valence-electron chi connectivity index (χ3n) is 2.34. The molecule has 0 unspecified atom stereocenters. The first-order valence-electron chi connectivity index (χ1n) is 4.85. The van der Waals surface area contributed by atoms with Crippen molar-refractivity contribution in [3.63, 3.8) is 0 Å². The van der Waals surface area contributed by atoms with E-state index in [-0.39, 0.29) is 0 Å². The second kappa shape index (κ2) is 4.55. The molecule has 0 aromatic carbocycles. The van der Waals surface area contributed by atoms with E-state index in [9.17, 15) is 0 Å². The zero-order chi connectivity index (χ0) is 10.7. The van der Waals surface area contributed by atoms with E-state index in [1.54, 1.807) is 11.3 Å². The van der Waals surface area contributed by atoms with Gasteiger partial charge in [0.05, 0.1) is 12.7 Å². The molecule has 0 atom stereocenters. The highest BCUT2D eigenvalue weighted by molar-refractivity contribution is 7.09. The van der Waals surface area contributed by atoms with Crippen molar-refractivity contribution in [1.29, 1.82) is 0 Å². The van der Waals surface area contributed by atoms with E-state index in [2.05, 4.69) is 22.3 Å². The summed E-state index contributed by atoms with van der Waals surface area (Å²) in [5.74, 6) is 0. The zero-order valence-electron chi connectivity index (χ0n) is 8.90. The van der Waals surface area contributed by atoms with Gasteiger partial charge in [-0.1, -0.05) is 0 Å². The number of rotatable bonds is 4. The van der Waals surface area contributed by atoms with Gasteiger partial charge in [-0.2, -0.15) is 5.10 Å². The Hall–Kier alpha value is -1.20. The van der Waals surface area contributed by atoms with Gasteiger partial charge in [-0.3, -0.25) is 4.68 Å². The van der Waals surface area contributed by atoms with Crippen molar-refractivity contribution in [2.45, 2.75) is 20.0 Å². The Labute approximate surface area is 93.0 Å². The van der Waals surface area contributed by atoms with Crippen molar-refractivity contribution in [3.05, 3.63) is 34.0 Å². The predicted octanol–water partition coefficient (Wildman–Crippen LogP) is 1.42. The molecule has 4 nitrogen and oxygen atoms in total. The smallest absolute Gasteiger partial charge is 0.114 e. The molecule has 5 heteroatoms. The summed E-state index contributed by atoms with van der Waals surface area (Å²) < 4.78 is 1.99. The molecule has 2 heterocycles. The van der Waals surface area contributed by atoms with E-state index < -0.39 is 0 Å². The Morgan fingerprint density at radius 3 is 3.07 bits per heavy atom. The topological polar surface area (TPSA) is 42.7 Å². The Morgan fingerprint density at radius 2 is 2.40 bits per heavy atom. The molecule has 0 radical (unpaired) electrons. The number of nitrogens with one attached hydrogen (secondary N) is 1. The van der Waals surface area contributed by atoms with Crippen molar-refractivity contribution in [1.82, 2.24) is 20.1 Å². The number of thiazole rings is 1. The molecule has 0 fully saturated rings. The van der Waals surface area contributed by atoms with E-state index in [1.807, 2.05) is 29.5 Å². The minimum Gasteiger partial charge on any atom is -0.316 e. The van der Waals surface area contributed by atoms with Gasteiger partial charge in [-0.05, 0) is 14.0 Å². The fourth-order valence-corrected chi connectivity index (χ4v) is 2.07. The third-order valence-corrected chi connectivity index (χ3v) is 3.10. The number of nitrogens with zero attached hydrogens (tertiary/aromatic N) is 3. The summed E-state index contributed by atoms with van der Waals surface area (Å²) in [6.45, 7) is 3.73. The van der Waals surface area contributed by atoms with Crippen LogP contribution in [0.3, 0.4) is 0 Å². The largest absolute Gasteiger partial charge is 0.316 e. The quantitative estimate of drug-likeness (QED) is 0.850. The second-order valence-electron chi connectivity index (χ2n) is 3.37. The van der Waals surface area contributed by atoms with Crippen molar-refractivity contribution < 1.29 is 0 Å². The summed E-state index contributed by atoms with van der Waals surface area (Å²) in [6, 6.07) is 0. The van der Waals surface area contributed by atoms with Crippen molar-refractivity contribution in [2.75, 3.05) is 7.05 Å². The molecule has 0 amide bonds. The van der Waals surface area contributed by atoms with Crippen LogP contribution in [0.15, 0.2) is 17.8 Å². The van der Waals surface area contributed by atoms with Crippen LogP contribution in [-0.4, -0.2) is 21.8 Å². The van der Waals surface area contributed by atoms with Crippen molar-refractivity contribution in [3.8, 4) is 0 Å². The average Bonchev–Trinajstić information content (AvgIpc) is 2.83. The molecule has 80 valence electrons. The van der Waals surface area contributed by atoms with Crippen molar-refractivity contribution >= 4 is 11.3 Å². The lowest BCUT2D eigenvalue weighted by molar-refractivity contribution is 0.659. The van der Waals surface area contributed by atoms with Gasteiger partial charge in [0.15, 0.2) is 0 Å². The minimum absolute atomic E-state index is 0.771. The maximum Gasteiger partial charge on any atom is 0.114 e. The summed E-state index contributed by atoms with van der Waals surface area (Å²) in [5, 5.41) is 10.6. The first-order chi connectivity index (χ1) is 7.31. The van der Waals surface area contributed by atoms with Gasteiger partial charge >= 0.3 is 0 Å². The summed E-state index contributed by atoms with van der Waals surface area (Å²) in [5.41, 5.74) is 2.45. The molecule has 0 aliphatic carbocycles. The van der Waals surface area contributed by atoms with Gasteiger partial charge in [-0.25, -0.2) is 4.98 Å². The summed E-state index contributed by atoms with van der Waals surface area (Å²) in [7, 11) is 1.94. The molecule has 0 saturated carbocycles. The van der Waals surface area contributed by atoms with E-state index in [1.165, 1.54) is 11.3 Å². The highest BCUT2D eigenvalue weighted by Gasteiger charge is 2.06. The zero-order valence-corrected chi connectivity index (χ0v) is 9.71. The van der Waals surface area contributed by atoms with Crippen LogP contribution >= 0.6 is 11.3 Å². The van der Waals surface area contributed by atoms with E-state index in [0.29, 0.717) is 0 Å². The molecule has 15 heavy (non-hydrogen) atoms. The Morgan fingerprint density at radius 1 is 1.53 bits per heavy atom. The van der Waals surface area contributed by atoms with E-state index in [0.717, 1.165) is 18.1 Å². The maximum absolute atomic E-state index is 4.35. The molecule has 0 spiro atoms. The van der Waals surface area contributed by atoms with Crippen LogP contribution in [0, 0.1) is 6.92 Å². The molecule has 2 rings (SSSR count). The minimum atomic E-state index is 0.771. The van der Waals surface area contributed by atoms with Crippen LogP contribution in [-0.2, 0) is 13.1 Å². The standard InChI is InChI=1S/C10H14N4S/c1-8-9(5-11-2)6-13-14(8)7-10-12-3-4-15-10/h3-4,6,11H,5,7H2,1-2H3. The Bertz CT molecular complexity index is 419. The first-order valence-corrected chi connectivity index (χ1v) is 5.73. The van der Waals surface area contributed by atoms with Crippen LogP contribution in [0.25, 0.3) is 0 Å². The van der Waals surface area contributed by atoms with Crippen LogP contribution in [0.5, 0.6) is 0 Å². The fourth-order valence-electron chi connectivity index (χ4n) is 1.47. The highest BCUT2D eigenvalue weighted by atomic mass is 32.1. The number of hydrogen-bond acceptors (Lipinski definition) is 4. The normalized spacial score (nSPS) is 10.8. The molecular weight excluding hydrogens is 208 g/mol. The van der Waals surface area contributed by atoms with Crippen LogP contribution in [0.4, 0.5) is 0 Å². The van der Waals surface area contributed by atoms with E-state index in [4.69, 9.17) is 0 Å². The molecule has 0 bridgehead atoms. The Balaban J connectivity index is 2.15. The SMILES string of the molecule is CNCc1cnn(Cc2nccs2)c1C. The number of hydrogen-bond donors (Lipinski definition) is 1. The first kappa shape index (κ1) is 10.3. The molecular formula is C10H14N4S. The summed E-state index contributed by atoms with van der Waals surface area (Å²) >= 11 is 1.66. The monoisotopic (exact) mass is 222 g/mol. The number of aromatic nitrogens is 3. The highest BCUT2D eigenvalue weighted by Crippen LogP contribution is 2.11. The van der Waals surface area contributed by atoms with Crippen LogP contribution < -0.4 is 5.32 Å². The van der Waals surface area contributed by atoms with Crippen molar-refractivity contribution in [2.24, 2.45) is 0 Å². The Kier molecular flexibility index (Phi) is 3.13. The molecule has 0 aliphatic heterocycles. The summed E-state index contributed by atoms with van der Waals surface area (Å²) in [4.78, 5) is 4.25. The molecule has 0 aliphatic rings. The average molecular weight is 222 g/mol. The third kappa shape index (κ3) is 2.24. The molecule has 0 saturated heterocycles. The van der Waals surface area contributed by atoms with Gasteiger partial charge in [0.25, 0.3) is 0 Å². The van der Waals surface area contributed by atoms with Crippen LogP contribution in [0.2, 0.25) is 0 Å². The summed E-state index contributed by atoms with van der Waals surface area (Å²) in [6.07, 6.45) is 3.74. The lowest BCUT2D eigenvalue weighted by atomic mass is 10.2. The molecule has 2 aromatic heterocycles. The van der Waals surface area contributed by atoms with Gasteiger partial charge < -0.3 is 5.32 Å². The van der Waals surface area contributed by atoms with E-state index >= 15 is 0 Å². The lowest BCUT2D eigenvalue weighted by Gasteiger charge is -2.02. The predicted molar refractivity (Wildman–Crippen MR) is 60.9 cm³/mol. The molecule has 1 N–H and O–H groups in total.